The summed E-state index contributed by atoms with van der Waals surface area (Å²) in [5.74, 6) is 3.97. The number of anilines is 5. The van der Waals surface area contributed by atoms with E-state index in [2.05, 4.69) is 15.0 Å². The van der Waals surface area contributed by atoms with Crippen LogP contribution in [0.4, 0.5) is 45.6 Å². The number of amides is 5. The maximum absolute atomic E-state index is 13.3. The number of hydrogen-bond acceptors (Lipinski definition) is 23. The van der Waals surface area contributed by atoms with Gasteiger partial charge in [0.25, 0.3) is 29.5 Å². The first kappa shape index (κ1) is 101. The Hall–Kier alpha value is -15.9. The number of ether oxygens (including phenoxy) is 6. The molecule has 23 nitrogen and oxygen atoms in total. The fraction of sp³-hybridized carbons (Fsp3) is 0.0965. The molecule has 14 aromatic rings. The summed E-state index contributed by atoms with van der Waals surface area (Å²) in [6.45, 7) is 3.03. The lowest BCUT2D eigenvalue weighted by molar-refractivity contribution is -0.114. The minimum atomic E-state index is -0.121. The Balaban J connectivity index is 0.000000134. The maximum atomic E-state index is 13.3. The number of amidine groups is 5. The normalized spacial score (nSPS) is 16.7. The number of rotatable bonds is 23. The van der Waals surface area contributed by atoms with Gasteiger partial charge in [0.15, 0.2) is 31.7 Å². The molecule has 13 aromatic carbocycles. The van der Waals surface area contributed by atoms with Crippen LogP contribution in [-0.2, 0) is 48.5 Å². The molecule has 710 valence electrons. The topological polar surface area (TPSA) is 252 Å². The molecule has 1 aromatic heterocycles. The largest absolute Gasteiger partial charge is 0.497 e. The number of thioether (sulfide) groups is 5. The molecule has 142 heavy (non-hydrogen) atoms. The lowest BCUT2D eigenvalue weighted by Gasteiger charge is -2.15. The SMILES string of the molecule is CN=C1S/C(=C\c2ccc(OC)cc2)C(=O)N1c1ccccc1.COCc1cccc(/C=C2\SC(=NCc3ccccc3)N(c3ccccc3)C2=O)c1.COc1ccc(/C=C2\SC(=Nc3ccc(C)cn3)N(c3ccccc3)C2=O)cc1.COc1ccc(/C=C2\SC(=Nc3ccc(OC)cc3)N(c3ccccc3)C2=O)cc1.COc1ccc(N=C2S/C(=C\c3ccc(CO)cc3)C(=O)N2c2ccccc2)cc1. The molecule has 0 spiro atoms. The van der Waals surface area contributed by atoms with Gasteiger partial charge < -0.3 is 33.5 Å². The summed E-state index contributed by atoms with van der Waals surface area (Å²) in [4.78, 5) is 104. The molecule has 0 bridgehead atoms. The van der Waals surface area contributed by atoms with Gasteiger partial charge in [-0.05, 0) is 304 Å². The lowest BCUT2D eigenvalue weighted by Crippen LogP contribution is -2.28. The van der Waals surface area contributed by atoms with E-state index in [1.54, 1.807) is 80.4 Å². The van der Waals surface area contributed by atoms with Crippen molar-refractivity contribution in [2.45, 2.75) is 26.7 Å². The molecule has 5 fully saturated rings. The summed E-state index contributed by atoms with van der Waals surface area (Å²) in [6.07, 6.45) is 11.2. The number of hydrogen-bond donors (Lipinski definition) is 1. The summed E-state index contributed by atoms with van der Waals surface area (Å²) >= 11 is 6.83. The number of methoxy groups -OCH3 is 6. The van der Waals surface area contributed by atoms with Gasteiger partial charge in [-0.1, -0.05) is 206 Å². The Morgan fingerprint density at radius 2 is 0.599 bits per heavy atom. The molecular weight excluding hydrogens is 1880 g/mol. The van der Waals surface area contributed by atoms with Gasteiger partial charge in [-0.25, -0.2) is 20.0 Å². The minimum absolute atomic E-state index is 0.00894. The van der Waals surface area contributed by atoms with E-state index in [0.29, 0.717) is 69.3 Å². The van der Waals surface area contributed by atoms with Crippen LogP contribution in [0.3, 0.4) is 0 Å². The fourth-order valence-electron chi connectivity index (χ4n) is 14.3. The molecule has 0 unspecified atom stereocenters. The van der Waals surface area contributed by atoms with Crippen molar-refractivity contribution < 1.29 is 57.5 Å². The number of carbonyl (C=O) groups is 5. The minimum Gasteiger partial charge on any atom is -0.497 e. The van der Waals surface area contributed by atoms with E-state index in [0.717, 1.165) is 119 Å². The van der Waals surface area contributed by atoms with E-state index in [1.807, 2.05) is 401 Å². The zero-order valence-electron chi connectivity index (χ0n) is 78.6. The number of aromatic nitrogens is 1. The van der Waals surface area contributed by atoms with Gasteiger partial charge in [-0.2, -0.15) is 0 Å². The summed E-state index contributed by atoms with van der Waals surface area (Å²) < 4.78 is 31.2. The standard InChI is InChI=1S/C25H22N2O2S.2C24H20N2O3S.C23H19N3O2S.C18H16N2O2S/c1-29-18-21-12-8-11-20(15-21)16-23-24(28)27(22-13-6-3-7-14-22)25(30-23)26-17-19-9-4-2-5-10-19;1-28-20-12-8-17(9-13-20)16-22-23(27)26(19-6-4-3-5-7-19)24(30-22)25-18-10-14-21(29-2)15-11-18;1-29-21-13-11-19(12-14-21)25-24-26(20-5-3-2-4-6-20)23(28)22(30-24)15-17-7-9-18(16-27)10-8-17;1-16-8-13-21(24-15-16)25-23-26(18-6-4-3-5-7-18)22(27)20(29-23)14-17-9-11-19(28-2)12-10-17;1-19-18-20(14-6-4-3-5-7-14)17(21)16(23-18)12-13-8-10-15(22-2)11-9-13/h2-16H,17-18H2,1H3;3-16H,1-2H3;2-15,27H,16H2,1H3;3-15H,1-2H3;3-12H,1-2H3/b23-16-,26-25?;22-16-,25-24?;22-15-,25-24?;20-14-,25-23?;16-12-,19-18?. The van der Waals surface area contributed by atoms with Crippen molar-refractivity contribution in [1.82, 2.24) is 4.98 Å². The van der Waals surface area contributed by atoms with Crippen LogP contribution in [0.2, 0.25) is 0 Å². The van der Waals surface area contributed by atoms with Crippen molar-refractivity contribution in [1.29, 1.82) is 0 Å². The van der Waals surface area contributed by atoms with Crippen molar-refractivity contribution in [2.75, 3.05) is 74.2 Å². The van der Waals surface area contributed by atoms with E-state index >= 15 is 0 Å². The van der Waals surface area contributed by atoms with E-state index in [-0.39, 0.29) is 36.1 Å². The number of para-hydroxylation sites is 5. The van der Waals surface area contributed by atoms with Crippen LogP contribution in [0.15, 0.2) is 420 Å². The van der Waals surface area contributed by atoms with Gasteiger partial charge in [-0.15, -0.1) is 0 Å². The summed E-state index contributed by atoms with van der Waals surface area (Å²) in [5, 5.41) is 12.4. The summed E-state index contributed by atoms with van der Waals surface area (Å²) in [5.41, 5.74) is 14.2. The van der Waals surface area contributed by atoms with Crippen LogP contribution in [0, 0.1) is 6.92 Å². The smallest absolute Gasteiger partial charge is 0.271 e. The highest BCUT2D eigenvalue weighted by Gasteiger charge is 2.40. The molecule has 28 heteroatoms. The zero-order valence-corrected chi connectivity index (χ0v) is 82.7. The molecule has 5 amide bonds. The number of benzene rings is 13. The van der Waals surface area contributed by atoms with Crippen LogP contribution in [0.25, 0.3) is 30.4 Å². The average molecular weight is 1970 g/mol. The zero-order chi connectivity index (χ0) is 99.1. The van der Waals surface area contributed by atoms with Gasteiger partial charge >= 0.3 is 0 Å². The number of aliphatic hydroxyl groups is 1. The molecule has 19 rings (SSSR count). The number of aryl methyl sites for hydroxylation is 1. The van der Waals surface area contributed by atoms with Crippen molar-refractivity contribution in [2.24, 2.45) is 25.0 Å². The number of nitrogens with zero attached hydrogens (tertiary/aromatic N) is 11. The van der Waals surface area contributed by atoms with Crippen molar-refractivity contribution >= 4 is 190 Å². The van der Waals surface area contributed by atoms with Crippen LogP contribution in [-0.4, -0.2) is 115 Å². The number of aliphatic imine (C=N–C) groups is 5. The van der Waals surface area contributed by atoms with Crippen molar-refractivity contribution in [3.8, 4) is 28.7 Å². The first-order valence-electron chi connectivity index (χ1n) is 44.6. The molecule has 5 aliphatic heterocycles. The second-order valence-corrected chi connectivity index (χ2v) is 36.2. The Morgan fingerprint density at radius 3 is 0.923 bits per heavy atom. The summed E-state index contributed by atoms with van der Waals surface area (Å²) in [7, 11) is 11.5. The molecular formula is C114H97N11O12S5. The Kier molecular flexibility index (Phi) is 35.5. The molecule has 0 aliphatic carbocycles. The van der Waals surface area contributed by atoms with Gasteiger partial charge in [-0.3, -0.25) is 58.5 Å². The van der Waals surface area contributed by atoms with Gasteiger partial charge in [0, 0.05) is 20.4 Å². The first-order valence-corrected chi connectivity index (χ1v) is 48.7. The molecule has 5 saturated heterocycles. The molecule has 1 N–H and O–H groups in total. The van der Waals surface area contributed by atoms with Crippen LogP contribution < -0.4 is 48.2 Å². The third kappa shape index (κ3) is 26.5. The summed E-state index contributed by atoms with van der Waals surface area (Å²) in [6, 6.07) is 115. The highest BCUT2D eigenvalue weighted by molar-refractivity contribution is 8.20. The van der Waals surface area contributed by atoms with Gasteiger partial charge in [0.1, 0.15) is 28.7 Å². The highest BCUT2D eigenvalue weighted by Crippen LogP contribution is 2.44. The lowest BCUT2D eigenvalue weighted by atomic mass is 10.1. The number of pyridine rings is 1. The van der Waals surface area contributed by atoms with Gasteiger partial charge in [0.05, 0.1) is 120 Å². The molecule has 0 radical (unpaired) electrons. The van der Waals surface area contributed by atoms with Crippen LogP contribution in [0.5, 0.6) is 28.7 Å². The maximum Gasteiger partial charge on any atom is 0.271 e. The highest BCUT2D eigenvalue weighted by atomic mass is 32.2. The van der Waals surface area contributed by atoms with Crippen LogP contribution in [0.1, 0.15) is 50.1 Å². The second-order valence-electron chi connectivity index (χ2n) is 31.2. The van der Waals surface area contributed by atoms with E-state index in [4.69, 9.17) is 43.4 Å². The molecule has 6 heterocycles. The monoisotopic (exact) mass is 1970 g/mol. The third-order valence-corrected chi connectivity index (χ3v) is 26.5. The molecule has 5 aliphatic rings. The van der Waals surface area contributed by atoms with Crippen molar-refractivity contribution in [3.05, 3.63) is 445 Å². The number of carbonyl (C=O) groups excluding carboxylic acids is 5. The van der Waals surface area contributed by atoms with Gasteiger partial charge in [0.2, 0.25) is 0 Å². The second kappa shape index (κ2) is 50.1. The van der Waals surface area contributed by atoms with E-state index in [1.165, 1.54) is 58.8 Å². The quantitative estimate of drug-likeness (QED) is 0.0584. The Bertz CT molecular complexity index is 6890. The fourth-order valence-corrected chi connectivity index (χ4v) is 19.2. The average Bonchev–Trinajstić information content (AvgIpc) is 1.66. The van der Waals surface area contributed by atoms with Crippen LogP contribution >= 0.6 is 58.8 Å². The first-order chi connectivity index (χ1) is 69.4. The predicted octanol–water partition coefficient (Wildman–Crippen LogP) is 25.0. The molecule has 0 atom stereocenters. The number of aliphatic hydroxyl groups excluding tert-OH is 1. The predicted molar refractivity (Wildman–Crippen MR) is 583 cm³/mol. The third-order valence-electron chi connectivity index (χ3n) is 21.5. The van der Waals surface area contributed by atoms with Crippen molar-refractivity contribution in [3.63, 3.8) is 0 Å². The van der Waals surface area contributed by atoms with E-state index < -0.39 is 0 Å². The Labute approximate surface area is 845 Å². The molecule has 0 saturated carbocycles. The van der Waals surface area contributed by atoms with E-state index in [9.17, 15) is 29.1 Å². The Morgan fingerprint density at radius 1 is 0.303 bits per heavy atom.